The molecule has 5 nitrogen and oxygen atoms in total. The maximum Gasteiger partial charge on any atom is 0.219 e. The van der Waals surface area contributed by atoms with E-state index in [9.17, 15) is 8.42 Å². The van der Waals surface area contributed by atoms with Crippen molar-refractivity contribution in [3.8, 4) is 0 Å². The van der Waals surface area contributed by atoms with Crippen LogP contribution in [0, 0.1) is 0 Å². The van der Waals surface area contributed by atoms with Crippen molar-refractivity contribution < 1.29 is 13.2 Å². The van der Waals surface area contributed by atoms with E-state index < -0.39 is 15.3 Å². The van der Waals surface area contributed by atoms with Gasteiger partial charge in [0.1, 0.15) is 0 Å². The zero-order valence-electron chi connectivity index (χ0n) is 12.2. The average molecular weight is 300 g/mol. The molecule has 2 N–H and O–H groups in total. The highest BCUT2D eigenvalue weighted by Crippen LogP contribution is 2.11. The van der Waals surface area contributed by atoms with E-state index in [-0.39, 0.29) is 6.61 Å². The first-order valence-corrected chi connectivity index (χ1v) is 8.24. The standard InChI is InChI=1S/C14H24N2O3S/c1-13(12-19-2)20(17,18)16(11-9-15)10-8-14-6-4-3-5-7-14/h3-7,13H,8-12,15H2,1-2H3. The van der Waals surface area contributed by atoms with E-state index in [1.807, 2.05) is 30.3 Å². The van der Waals surface area contributed by atoms with Crippen molar-refractivity contribution >= 4 is 10.0 Å². The first kappa shape index (κ1) is 17.1. The average Bonchev–Trinajstić information content (AvgIpc) is 2.44. The molecule has 0 spiro atoms. The minimum atomic E-state index is -3.37. The summed E-state index contributed by atoms with van der Waals surface area (Å²) in [5.74, 6) is 0. The predicted molar refractivity (Wildman–Crippen MR) is 81.0 cm³/mol. The molecule has 0 heterocycles. The third-order valence-corrected chi connectivity index (χ3v) is 5.38. The molecule has 0 amide bonds. The zero-order chi connectivity index (χ0) is 15.0. The van der Waals surface area contributed by atoms with E-state index in [4.69, 9.17) is 10.5 Å². The second kappa shape index (κ2) is 8.36. The maximum absolute atomic E-state index is 12.4. The van der Waals surface area contributed by atoms with E-state index in [0.717, 1.165) is 5.56 Å². The van der Waals surface area contributed by atoms with Gasteiger partial charge in [0.2, 0.25) is 10.0 Å². The molecule has 1 aromatic carbocycles. The van der Waals surface area contributed by atoms with Gasteiger partial charge in [-0.05, 0) is 18.9 Å². The summed E-state index contributed by atoms with van der Waals surface area (Å²) in [7, 11) is -1.86. The summed E-state index contributed by atoms with van der Waals surface area (Å²) in [6.45, 7) is 2.94. The Labute approximate surface area is 121 Å². The van der Waals surface area contributed by atoms with Gasteiger partial charge in [-0.2, -0.15) is 0 Å². The fourth-order valence-corrected chi connectivity index (χ4v) is 3.51. The van der Waals surface area contributed by atoms with E-state index in [1.165, 1.54) is 11.4 Å². The van der Waals surface area contributed by atoms with Crippen molar-refractivity contribution in [2.24, 2.45) is 5.73 Å². The zero-order valence-corrected chi connectivity index (χ0v) is 13.0. The monoisotopic (exact) mass is 300 g/mol. The van der Waals surface area contributed by atoms with Crippen LogP contribution in [0.25, 0.3) is 0 Å². The van der Waals surface area contributed by atoms with Gasteiger partial charge in [0.15, 0.2) is 0 Å². The molecule has 0 aliphatic carbocycles. The highest BCUT2D eigenvalue weighted by atomic mass is 32.2. The van der Waals surface area contributed by atoms with Gasteiger partial charge < -0.3 is 10.5 Å². The van der Waals surface area contributed by atoms with Crippen LogP contribution in [0.1, 0.15) is 12.5 Å². The van der Waals surface area contributed by atoms with Gasteiger partial charge in [0.25, 0.3) is 0 Å². The van der Waals surface area contributed by atoms with Crippen molar-refractivity contribution in [2.75, 3.05) is 33.4 Å². The summed E-state index contributed by atoms with van der Waals surface area (Å²) in [4.78, 5) is 0. The number of hydrogen-bond donors (Lipinski definition) is 1. The maximum atomic E-state index is 12.4. The molecule has 1 atom stereocenters. The number of sulfonamides is 1. The van der Waals surface area contributed by atoms with E-state index >= 15 is 0 Å². The van der Waals surface area contributed by atoms with Crippen LogP contribution in [0.15, 0.2) is 30.3 Å². The minimum Gasteiger partial charge on any atom is -0.383 e. The number of nitrogens with zero attached hydrogens (tertiary/aromatic N) is 1. The van der Waals surface area contributed by atoms with Crippen molar-refractivity contribution in [2.45, 2.75) is 18.6 Å². The van der Waals surface area contributed by atoms with Crippen LogP contribution in [0.4, 0.5) is 0 Å². The summed E-state index contributed by atoms with van der Waals surface area (Å²) in [5.41, 5.74) is 6.65. The Morgan fingerprint density at radius 2 is 1.90 bits per heavy atom. The summed E-state index contributed by atoms with van der Waals surface area (Å²) in [6.07, 6.45) is 0.680. The number of rotatable bonds is 9. The molecular formula is C14H24N2O3S. The van der Waals surface area contributed by atoms with E-state index in [2.05, 4.69) is 0 Å². The van der Waals surface area contributed by atoms with Crippen molar-refractivity contribution in [3.05, 3.63) is 35.9 Å². The van der Waals surface area contributed by atoms with Crippen LogP contribution in [0.2, 0.25) is 0 Å². The topological polar surface area (TPSA) is 72.6 Å². The van der Waals surface area contributed by atoms with Gasteiger partial charge >= 0.3 is 0 Å². The van der Waals surface area contributed by atoms with Gasteiger partial charge in [0.05, 0.1) is 11.9 Å². The second-order valence-electron chi connectivity index (χ2n) is 4.73. The normalized spacial score (nSPS) is 13.6. The lowest BCUT2D eigenvalue weighted by Crippen LogP contribution is -2.43. The summed E-state index contributed by atoms with van der Waals surface area (Å²) in [5, 5.41) is -0.560. The quantitative estimate of drug-likeness (QED) is 0.734. The molecule has 20 heavy (non-hydrogen) atoms. The van der Waals surface area contributed by atoms with Crippen LogP contribution in [-0.4, -0.2) is 51.3 Å². The molecule has 0 radical (unpaired) electrons. The number of hydrogen-bond acceptors (Lipinski definition) is 4. The molecule has 1 rings (SSSR count). The molecule has 1 aromatic rings. The molecule has 0 bridgehead atoms. The molecule has 0 saturated heterocycles. The van der Waals surface area contributed by atoms with Crippen molar-refractivity contribution in [1.82, 2.24) is 4.31 Å². The Morgan fingerprint density at radius 3 is 2.45 bits per heavy atom. The highest BCUT2D eigenvalue weighted by Gasteiger charge is 2.27. The number of ether oxygens (including phenoxy) is 1. The fraction of sp³-hybridized carbons (Fsp3) is 0.571. The van der Waals surface area contributed by atoms with Gasteiger partial charge in [-0.25, -0.2) is 12.7 Å². The molecule has 6 heteroatoms. The lowest BCUT2D eigenvalue weighted by Gasteiger charge is -2.25. The van der Waals surface area contributed by atoms with Crippen LogP contribution in [0.5, 0.6) is 0 Å². The third kappa shape index (κ3) is 4.86. The summed E-state index contributed by atoms with van der Waals surface area (Å²) >= 11 is 0. The molecule has 0 saturated carbocycles. The lowest BCUT2D eigenvalue weighted by molar-refractivity contribution is 0.198. The highest BCUT2D eigenvalue weighted by molar-refractivity contribution is 7.89. The van der Waals surface area contributed by atoms with Crippen molar-refractivity contribution in [1.29, 1.82) is 0 Å². The van der Waals surface area contributed by atoms with Gasteiger partial charge in [-0.15, -0.1) is 0 Å². The first-order chi connectivity index (χ1) is 9.52. The van der Waals surface area contributed by atoms with Gasteiger partial charge in [-0.3, -0.25) is 0 Å². The Balaban J connectivity index is 2.73. The molecule has 114 valence electrons. The minimum absolute atomic E-state index is 0.189. The van der Waals surface area contributed by atoms with Crippen molar-refractivity contribution in [3.63, 3.8) is 0 Å². The largest absolute Gasteiger partial charge is 0.383 e. The number of methoxy groups -OCH3 is 1. The first-order valence-electron chi connectivity index (χ1n) is 6.74. The number of nitrogens with two attached hydrogens (primary N) is 1. The lowest BCUT2D eigenvalue weighted by atomic mass is 10.1. The van der Waals surface area contributed by atoms with E-state index in [0.29, 0.717) is 26.1 Å². The molecule has 0 fully saturated rings. The molecular weight excluding hydrogens is 276 g/mol. The molecule has 1 unspecified atom stereocenters. The molecule has 0 aliphatic heterocycles. The van der Waals surface area contributed by atoms with Crippen LogP contribution < -0.4 is 5.73 Å². The van der Waals surface area contributed by atoms with Crippen LogP contribution in [-0.2, 0) is 21.2 Å². The summed E-state index contributed by atoms with van der Waals surface area (Å²) in [6, 6.07) is 9.82. The van der Waals surface area contributed by atoms with Crippen LogP contribution >= 0.6 is 0 Å². The fourth-order valence-electron chi connectivity index (χ4n) is 1.98. The predicted octanol–water partition coefficient (Wildman–Crippen LogP) is 0.855. The van der Waals surface area contributed by atoms with Gasteiger partial charge in [0, 0.05) is 26.7 Å². The smallest absolute Gasteiger partial charge is 0.219 e. The Morgan fingerprint density at radius 1 is 1.25 bits per heavy atom. The second-order valence-corrected chi connectivity index (χ2v) is 7.09. The summed E-state index contributed by atoms with van der Waals surface area (Å²) < 4.78 is 31.3. The molecule has 0 aromatic heterocycles. The number of benzene rings is 1. The Kier molecular flexibility index (Phi) is 7.15. The van der Waals surface area contributed by atoms with Gasteiger partial charge in [-0.1, -0.05) is 30.3 Å². The molecule has 0 aliphatic rings. The van der Waals surface area contributed by atoms with E-state index in [1.54, 1.807) is 6.92 Å². The third-order valence-electron chi connectivity index (χ3n) is 3.14. The SMILES string of the molecule is COCC(C)S(=O)(=O)N(CCN)CCc1ccccc1. The Bertz CT molecular complexity index is 476. The van der Waals surface area contributed by atoms with Crippen LogP contribution in [0.3, 0.4) is 0 Å². The Hall–Kier alpha value is -0.950.